The van der Waals surface area contributed by atoms with Crippen molar-refractivity contribution in [3.05, 3.63) is 66.2 Å². The predicted molar refractivity (Wildman–Crippen MR) is 98.5 cm³/mol. The Morgan fingerprint density at radius 2 is 1.88 bits per heavy atom. The van der Waals surface area contributed by atoms with Crippen LogP contribution in [0.15, 0.2) is 60.7 Å². The van der Waals surface area contributed by atoms with E-state index in [4.69, 9.17) is 10.5 Å². The van der Waals surface area contributed by atoms with E-state index < -0.39 is 0 Å². The third-order valence-corrected chi connectivity index (χ3v) is 3.77. The third-order valence-electron chi connectivity index (χ3n) is 3.77. The van der Waals surface area contributed by atoms with E-state index in [1.165, 1.54) is 0 Å². The van der Waals surface area contributed by atoms with Gasteiger partial charge in [-0.15, -0.1) is 0 Å². The van der Waals surface area contributed by atoms with Gasteiger partial charge in [0.05, 0.1) is 12.3 Å². The molecule has 0 bridgehead atoms. The highest BCUT2D eigenvalue weighted by molar-refractivity contribution is 6.09. The number of benzene rings is 3. The number of carbonyl (C=O) groups excluding carboxylic acids is 1. The molecule has 0 aromatic heterocycles. The number of nitrogen functional groups attached to an aromatic ring is 1. The number of fused-ring (bicyclic) bond motifs is 1. The van der Waals surface area contributed by atoms with E-state index in [0.29, 0.717) is 23.6 Å². The SMILES string of the molecule is CCCOc1ccc(C(=O)Nc2cccc3ccccc23)cc1N. The number of anilines is 2. The van der Waals surface area contributed by atoms with Crippen molar-refractivity contribution in [3.63, 3.8) is 0 Å². The number of nitrogens with one attached hydrogen (secondary N) is 1. The summed E-state index contributed by atoms with van der Waals surface area (Å²) in [7, 11) is 0. The number of hydrogen-bond acceptors (Lipinski definition) is 3. The summed E-state index contributed by atoms with van der Waals surface area (Å²) < 4.78 is 5.54. The summed E-state index contributed by atoms with van der Waals surface area (Å²) in [6.45, 7) is 2.63. The topological polar surface area (TPSA) is 64.3 Å². The van der Waals surface area contributed by atoms with E-state index in [-0.39, 0.29) is 5.91 Å². The van der Waals surface area contributed by atoms with Crippen molar-refractivity contribution >= 4 is 28.1 Å². The van der Waals surface area contributed by atoms with E-state index in [1.807, 2.05) is 49.4 Å². The first kappa shape index (κ1) is 15.9. The Balaban J connectivity index is 1.83. The van der Waals surface area contributed by atoms with Gasteiger partial charge in [0.15, 0.2) is 0 Å². The fraction of sp³-hybridized carbons (Fsp3) is 0.150. The summed E-state index contributed by atoms with van der Waals surface area (Å²) in [5.41, 5.74) is 7.73. The largest absolute Gasteiger partial charge is 0.491 e. The lowest BCUT2D eigenvalue weighted by molar-refractivity contribution is 0.102. The molecular formula is C20H20N2O2. The first-order chi connectivity index (χ1) is 11.7. The smallest absolute Gasteiger partial charge is 0.255 e. The quantitative estimate of drug-likeness (QED) is 0.682. The molecule has 0 fully saturated rings. The molecular weight excluding hydrogens is 300 g/mol. The van der Waals surface area contributed by atoms with Crippen LogP contribution >= 0.6 is 0 Å². The molecule has 0 atom stereocenters. The molecule has 0 aliphatic rings. The monoisotopic (exact) mass is 320 g/mol. The molecule has 1 amide bonds. The van der Waals surface area contributed by atoms with Crippen molar-refractivity contribution in [2.24, 2.45) is 0 Å². The first-order valence-corrected chi connectivity index (χ1v) is 8.00. The normalized spacial score (nSPS) is 10.5. The summed E-state index contributed by atoms with van der Waals surface area (Å²) >= 11 is 0. The van der Waals surface area contributed by atoms with Gasteiger partial charge in [0, 0.05) is 16.6 Å². The third kappa shape index (κ3) is 3.33. The first-order valence-electron chi connectivity index (χ1n) is 8.00. The van der Waals surface area contributed by atoms with Crippen LogP contribution in [0.25, 0.3) is 10.8 Å². The molecule has 0 radical (unpaired) electrons. The Morgan fingerprint density at radius 3 is 2.67 bits per heavy atom. The van der Waals surface area contributed by atoms with Gasteiger partial charge in [-0.1, -0.05) is 43.3 Å². The standard InChI is InChI=1S/C20H20N2O2/c1-2-12-24-19-11-10-15(13-17(19)21)20(23)22-18-9-5-7-14-6-3-4-8-16(14)18/h3-11,13H,2,12,21H2,1H3,(H,22,23). The van der Waals surface area contributed by atoms with Crippen LogP contribution in [0.5, 0.6) is 5.75 Å². The van der Waals surface area contributed by atoms with Crippen molar-refractivity contribution in [2.75, 3.05) is 17.7 Å². The summed E-state index contributed by atoms with van der Waals surface area (Å²) in [6.07, 6.45) is 0.906. The van der Waals surface area contributed by atoms with Gasteiger partial charge in [0.25, 0.3) is 5.91 Å². The zero-order valence-electron chi connectivity index (χ0n) is 13.6. The fourth-order valence-corrected chi connectivity index (χ4v) is 2.56. The maximum Gasteiger partial charge on any atom is 0.255 e. The molecule has 0 spiro atoms. The summed E-state index contributed by atoms with van der Waals surface area (Å²) in [5, 5.41) is 5.04. The molecule has 0 saturated carbocycles. The second-order valence-corrected chi connectivity index (χ2v) is 5.58. The molecule has 122 valence electrons. The van der Waals surface area contributed by atoms with Crippen LogP contribution in [0, 0.1) is 0 Å². The Morgan fingerprint density at radius 1 is 1.08 bits per heavy atom. The Hall–Kier alpha value is -3.01. The maximum absolute atomic E-state index is 12.5. The lowest BCUT2D eigenvalue weighted by Crippen LogP contribution is -2.12. The molecule has 0 heterocycles. The molecule has 0 saturated heterocycles. The molecule has 0 aliphatic heterocycles. The van der Waals surface area contributed by atoms with Crippen LogP contribution in [0.3, 0.4) is 0 Å². The molecule has 3 rings (SSSR count). The molecule has 0 aliphatic carbocycles. The average molecular weight is 320 g/mol. The second kappa shape index (κ2) is 7.04. The number of carbonyl (C=O) groups is 1. The zero-order chi connectivity index (χ0) is 16.9. The van der Waals surface area contributed by atoms with Crippen LogP contribution in [-0.2, 0) is 0 Å². The van der Waals surface area contributed by atoms with E-state index in [1.54, 1.807) is 18.2 Å². The van der Waals surface area contributed by atoms with Crippen molar-refractivity contribution in [1.29, 1.82) is 0 Å². The maximum atomic E-state index is 12.5. The molecule has 24 heavy (non-hydrogen) atoms. The van der Waals surface area contributed by atoms with Crippen molar-refractivity contribution in [2.45, 2.75) is 13.3 Å². The Bertz CT molecular complexity index is 869. The lowest BCUT2D eigenvalue weighted by Gasteiger charge is -2.11. The van der Waals surface area contributed by atoms with Crippen LogP contribution in [0.2, 0.25) is 0 Å². The van der Waals surface area contributed by atoms with Crippen LogP contribution < -0.4 is 15.8 Å². The fourth-order valence-electron chi connectivity index (χ4n) is 2.56. The molecule has 3 aromatic rings. The molecule has 3 aromatic carbocycles. The van der Waals surface area contributed by atoms with E-state index in [0.717, 1.165) is 22.9 Å². The Kier molecular flexibility index (Phi) is 4.66. The highest BCUT2D eigenvalue weighted by Crippen LogP contribution is 2.26. The molecule has 3 N–H and O–H groups in total. The number of nitrogens with two attached hydrogens (primary N) is 1. The number of ether oxygens (including phenoxy) is 1. The summed E-state index contributed by atoms with van der Waals surface area (Å²) in [4.78, 5) is 12.5. The molecule has 0 unspecified atom stereocenters. The minimum atomic E-state index is -0.194. The predicted octanol–water partition coefficient (Wildman–Crippen LogP) is 4.46. The van der Waals surface area contributed by atoms with Crippen LogP contribution in [-0.4, -0.2) is 12.5 Å². The zero-order valence-corrected chi connectivity index (χ0v) is 13.6. The van der Waals surface area contributed by atoms with E-state index >= 15 is 0 Å². The average Bonchev–Trinajstić information content (AvgIpc) is 2.61. The molecule has 4 nitrogen and oxygen atoms in total. The minimum absolute atomic E-state index is 0.194. The van der Waals surface area contributed by atoms with E-state index in [2.05, 4.69) is 5.32 Å². The Labute approximate surface area is 141 Å². The summed E-state index contributed by atoms with van der Waals surface area (Å²) in [5.74, 6) is 0.415. The van der Waals surface area contributed by atoms with Gasteiger partial charge >= 0.3 is 0 Å². The second-order valence-electron chi connectivity index (χ2n) is 5.58. The lowest BCUT2D eigenvalue weighted by atomic mass is 10.1. The van der Waals surface area contributed by atoms with Gasteiger partial charge in [-0.05, 0) is 36.1 Å². The number of hydrogen-bond donors (Lipinski definition) is 2. The van der Waals surface area contributed by atoms with Crippen molar-refractivity contribution in [3.8, 4) is 5.75 Å². The van der Waals surface area contributed by atoms with Crippen molar-refractivity contribution in [1.82, 2.24) is 0 Å². The van der Waals surface area contributed by atoms with Crippen LogP contribution in [0.4, 0.5) is 11.4 Å². The van der Waals surface area contributed by atoms with E-state index in [9.17, 15) is 4.79 Å². The van der Waals surface area contributed by atoms with Gasteiger partial charge in [-0.25, -0.2) is 0 Å². The molecule has 4 heteroatoms. The van der Waals surface area contributed by atoms with Gasteiger partial charge in [-0.2, -0.15) is 0 Å². The number of rotatable bonds is 5. The minimum Gasteiger partial charge on any atom is -0.491 e. The van der Waals surface area contributed by atoms with Gasteiger partial charge in [0.1, 0.15) is 5.75 Å². The highest BCUT2D eigenvalue weighted by Gasteiger charge is 2.10. The van der Waals surface area contributed by atoms with Gasteiger partial charge in [-0.3, -0.25) is 4.79 Å². The van der Waals surface area contributed by atoms with Gasteiger partial charge in [0.2, 0.25) is 0 Å². The van der Waals surface area contributed by atoms with Gasteiger partial charge < -0.3 is 15.8 Å². The number of amides is 1. The van der Waals surface area contributed by atoms with Crippen molar-refractivity contribution < 1.29 is 9.53 Å². The van der Waals surface area contributed by atoms with Crippen LogP contribution in [0.1, 0.15) is 23.7 Å². The summed E-state index contributed by atoms with van der Waals surface area (Å²) in [6, 6.07) is 18.9. The highest BCUT2D eigenvalue weighted by atomic mass is 16.5.